The van der Waals surface area contributed by atoms with Crippen LogP contribution in [0.1, 0.15) is 5.56 Å². The molecule has 3 aromatic rings. The van der Waals surface area contributed by atoms with Crippen LogP contribution in [-0.2, 0) is 0 Å². The van der Waals surface area contributed by atoms with E-state index in [-0.39, 0.29) is 5.69 Å². The highest BCUT2D eigenvalue weighted by atomic mass is 16.6. The molecule has 0 unspecified atom stereocenters. The highest BCUT2D eigenvalue weighted by Crippen LogP contribution is 2.10. The third-order valence-corrected chi connectivity index (χ3v) is 2.66. The maximum absolute atomic E-state index is 10.5. The number of nitro groups is 1. The minimum atomic E-state index is -0.447. The van der Waals surface area contributed by atoms with Crippen molar-refractivity contribution in [2.45, 2.75) is 0 Å². The van der Waals surface area contributed by atoms with Gasteiger partial charge in [0.1, 0.15) is 6.33 Å². The molecule has 9 heteroatoms. The molecule has 0 saturated carbocycles. The van der Waals surface area contributed by atoms with E-state index in [9.17, 15) is 10.1 Å². The van der Waals surface area contributed by atoms with Crippen molar-refractivity contribution >= 4 is 23.4 Å². The summed E-state index contributed by atoms with van der Waals surface area (Å²) in [6, 6.07) is 9.53. The Bertz CT molecular complexity index is 810. The lowest BCUT2D eigenvalue weighted by Gasteiger charge is -1.99. The molecule has 0 spiro atoms. The van der Waals surface area contributed by atoms with Crippen LogP contribution >= 0.6 is 0 Å². The van der Waals surface area contributed by atoms with Crippen molar-refractivity contribution in [1.82, 2.24) is 19.8 Å². The molecule has 0 aliphatic carbocycles. The summed E-state index contributed by atoms with van der Waals surface area (Å²) in [7, 11) is 0. The number of nitrogens with one attached hydrogen (secondary N) is 1. The first-order valence-corrected chi connectivity index (χ1v) is 5.93. The summed E-state index contributed by atoms with van der Waals surface area (Å²) >= 11 is 0. The monoisotopic (exact) mass is 283 g/mol. The minimum absolute atomic E-state index is 0.0415. The normalized spacial score (nSPS) is 11.0. The number of hydrogen-bond acceptors (Lipinski definition) is 7. The number of hydrazone groups is 1. The smallest absolute Gasteiger partial charge is 0.260 e. The molecule has 0 aliphatic rings. The number of anilines is 1. The summed E-state index contributed by atoms with van der Waals surface area (Å²) < 4.78 is 1.52. The first-order valence-electron chi connectivity index (χ1n) is 5.93. The van der Waals surface area contributed by atoms with Crippen molar-refractivity contribution in [2.24, 2.45) is 5.10 Å². The standard InChI is InChI=1S/C12H9N7O2/c20-19(21)10-3-1-9(2-4-10)7-13-15-11-5-6-12-16-14-8-18(12)17-11/h1-8H,(H,15,17). The van der Waals surface area contributed by atoms with E-state index in [1.807, 2.05) is 0 Å². The number of aromatic nitrogens is 4. The Hall–Kier alpha value is -3.36. The van der Waals surface area contributed by atoms with Gasteiger partial charge in [0.15, 0.2) is 11.5 Å². The molecule has 0 amide bonds. The largest absolute Gasteiger partial charge is 0.269 e. The Morgan fingerprint density at radius 2 is 2.05 bits per heavy atom. The lowest BCUT2D eigenvalue weighted by molar-refractivity contribution is -0.384. The van der Waals surface area contributed by atoms with E-state index in [0.29, 0.717) is 11.5 Å². The summed E-state index contributed by atoms with van der Waals surface area (Å²) in [6.07, 6.45) is 3.03. The van der Waals surface area contributed by atoms with E-state index in [2.05, 4.69) is 25.8 Å². The van der Waals surface area contributed by atoms with Gasteiger partial charge in [-0.1, -0.05) is 0 Å². The van der Waals surface area contributed by atoms with Gasteiger partial charge in [-0.25, -0.2) is 0 Å². The van der Waals surface area contributed by atoms with E-state index in [4.69, 9.17) is 0 Å². The molecule has 2 heterocycles. The highest BCUT2D eigenvalue weighted by Gasteiger charge is 2.02. The van der Waals surface area contributed by atoms with Crippen molar-refractivity contribution in [2.75, 3.05) is 5.43 Å². The number of hydrogen-bond donors (Lipinski definition) is 1. The van der Waals surface area contributed by atoms with Crippen molar-refractivity contribution in [3.63, 3.8) is 0 Å². The van der Waals surface area contributed by atoms with E-state index in [1.165, 1.54) is 23.0 Å². The predicted molar refractivity (Wildman–Crippen MR) is 75.1 cm³/mol. The molecule has 104 valence electrons. The molecule has 0 radical (unpaired) electrons. The summed E-state index contributed by atoms with van der Waals surface area (Å²) in [4.78, 5) is 10.1. The Labute approximate surface area is 118 Å². The third-order valence-electron chi connectivity index (χ3n) is 2.66. The van der Waals surface area contributed by atoms with Crippen molar-refractivity contribution in [3.8, 4) is 0 Å². The van der Waals surface area contributed by atoms with E-state index < -0.39 is 4.92 Å². The van der Waals surface area contributed by atoms with Crippen LogP contribution in [0.2, 0.25) is 0 Å². The van der Waals surface area contributed by atoms with Gasteiger partial charge in [-0.2, -0.15) is 9.62 Å². The number of nitro benzene ring substituents is 1. The van der Waals surface area contributed by atoms with Gasteiger partial charge in [-0.3, -0.25) is 15.5 Å². The van der Waals surface area contributed by atoms with Crippen LogP contribution in [0.4, 0.5) is 11.5 Å². The molecule has 2 aromatic heterocycles. The van der Waals surface area contributed by atoms with Crippen LogP contribution in [0, 0.1) is 10.1 Å². The molecule has 1 aromatic carbocycles. The molecular weight excluding hydrogens is 274 g/mol. The third kappa shape index (κ3) is 2.81. The molecule has 1 N–H and O–H groups in total. The van der Waals surface area contributed by atoms with Gasteiger partial charge in [0.05, 0.1) is 11.1 Å². The first-order chi connectivity index (χ1) is 10.2. The molecule has 3 rings (SSSR count). The fourth-order valence-electron chi connectivity index (χ4n) is 1.64. The average Bonchev–Trinajstić information content (AvgIpc) is 2.95. The molecule has 0 saturated heterocycles. The maximum Gasteiger partial charge on any atom is 0.269 e. The van der Waals surface area contributed by atoms with E-state index in [0.717, 1.165) is 5.56 Å². The molecule has 0 bridgehead atoms. The zero-order chi connectivity index (χ0) is 14.7. The van der Waals surface area contributed by atoms with E-state index in [1.54, 1.807) is 30.5 Å². The molecule has 0 aliphatic heterocycles. The number of rotatable bonds is 4. The lowest BCUT2D eigenvalue weighted by atomic mass is 10.2. The summed E-state index contributed by atoms with van der Waals surface area (Å²) in [6.45, 7) is 0. The van der Waals surface area contributed by atoms with Crippen LogP contribution in [-0.4, -0.2) is 30.9 Å². The van der Waals surface area contributed by atoms with Crippen LogP contribution < -0.4 is 5.43 Å². The van der Waals surface area contributed by atoms with Crippen LogP contribution in [0.15, 0.2) is 47.8 Å². The van der Waals surface area contributed by atoms with Crippen LogP contribution in [0.25, 0.3) is 5.65 Å². The number of benzene rings is 1. The fraction of sp³-hybridized carbons (Fsp3) is 0. The van der Waals surface area contributed by atoms with Gasteiger partial charge in [-0.05, 0) is 29.8 Å². The first kappa shape index (κ1) is 12.7. The highest BCUT2D eigenvalue weighted by molar-refractivity contribution is 5.80. The minimum Gasteiger partial charge on any atom is -0.260 e. The summed E-state index contributed by atoms with van der Waals surface area (Å²) in [5.41, 5.74) is 4.18. The summed E-state index contributed by atoms with van der Waals surface area (Å²) in [5, 5.41) is 26.3. The Morgan fingerprint density at radius 1 is 1.24 bits per heavy atom. The Morgan fingerprint density at radius 3 is 2.81 bits per heavy atom. The molecule has 9 nitrogen and oxygen atoms in total. The second kappa shape index (κ2) is 5.33. The quantitative estimate of drug-likeness (QED) is 0.441. The Balaban J connectivity index is 1.69. The SMILES string of the molecule is O=[N+]([O-])c1ccc(C=NNc2ccc3nncn3n2)cc1. The maximum atomic E-state index is 10.5. The molecule has 0 fully saturated rings. The van der Waals surface area contributed by atoms with Crippen LogP contribution in [0.5, 0.6) is 0 Å². The zero-order valence-corrected chi connectivity index (χ0v) is 10.6. The second-order valence-electron chi connectivity index (χ2n) is 4.07. The fourth-order valence-corrected chi connectivity index (χ4v) is 1.64. The van der Waals surface area contributed by atoms with Gasteiger partial charge in [0.2, 0.25) is 0 Å². The topological polar surface area (TPSA) is 111 Å². The van der Waals surface area contributed by atoms with Crippen molar-refractivity contribution in [1.29, 1.82) is 0 Å². The molecule has 21 heavy (non-hydrogen) atoms. The van der Waals surface area contributed by atoms with Crippen LogP contribution in [0.3, 0.4) is 0 Å². The van der Waals surface area contributed by atoms with Gasteiger partial charge in [-0.15, -0.1) is 15.3 Å². The molecular formula is C12H9N7O2. The van der Waals surface area contributed by atoms with Gasteiger partial charge < -0.3 is 0 Å². The summed E-state index contributed by atoms with van der Waals surface area (Å²) in [5.74, 6) is 0.528. The van der Waals surface area contributed by atoms with Gasteiger partial charge >= 0.3 is 0 Å². The van der Waals surface area contributed by atoms with E-state index >= 15 is 0 Å². The number of non-ortho nitro benzene ring substituents is 1. The predicted octanol–water partition coefficient (Wildman–Crippen LogP) is 1.48. The van der Waals surface area contributed by atoms with Gasteiger partial charge in [0.25, 0.3) is 5.69 Å². The lowest BCUT2D eigenvalue weighted by Crippen LogP contribution is -1.98. The molecule has 0 atom stereocenters. The average molecular weight is 283 g/mol. The van der Waals surface area contributed by atoms with Crippen molar-refractivity contribution < 1.29 is 4.92 Å². The number of fused-ring (bicyclic) bond motifs is 1. The Kier molecular flexibility index (Phi) is 3.21. The van der Waals surface area contributed by atoms with Crippen molar-refractivity contribution in [3.05, 3.63) is 58.4 Å². The number of nitrogens with zero attached hydrogens (tertiary/aromatic N) is 6. The second-order valence-corrected chi connectivity index (χ2v) is 4.07. The zero-order valence-electron chi connectivity index (χ0n) is 10.6. The van der Waals surface area contributed by atoms with Gasteiger partial charge in [0, 0.05) is 12.1 Å².